The number of aryl methyl sites for hydroxylation is 1. The lowest BCUT2D eigenvalue weighted by Crippen LogP contribution is -2.21. The molecule has 0 saturated heterocycles. The summed E-state index contributed by atoms with van der Waals surface area (Å²) in [5.41, 5.74) is 4.20. The molecule has 1 N–H and O–H groups in total. The first-order valence-corrected chi connectivity index (χ1v) is 8.99. The van der Waals surface area contributed by atoms with Crippen molar-refractivity contribution in [3.63, 3.8) is 0 Å². The molecule has 0 fully saturated rings. The fourth-order valence-corrected chi connectivity index (χ4v) is 3.49. The van der Waals surface area contributed by atoms with Gasteiger partial charge in [0.1, 0.15) is 5.69 Å². The molecule has 4 aromatic rings. The highest BCUT2D eigenvalue weighted by atomic mass is 16.1. The second-order valence-corrected chi connectivity index (χ2v) is 6.72. The van der Waals surface area contributed by atoms with E-state index in [0.29, 0.717) is 12.2 Å². The van der Waals surface area contributed by atoms with E-state index in [1.807, 2.05) is 68.0 Å². The van der Waals surface area contributed by atoms with E-state index in [9.17, 15) is 4.79 Å². The number of para-hydroxylation sites is 1. The first-order chi connectivity index (χ1) is 13.1. The summed E-state index contributed by atoms with van der Waals surface area (Å²) in [5, 5.41) is 5.60. The first-order valence-electron chi connectivity index (χ1n) is 8.99. The molecule has 5 nitrogen and oxygen atoms in total. The van der Waals surface area contributed by atoms with Gasteiger partial charge in [-0.25, -0.2) is 4.68 Å². The molecule has 2 aromatic heterocycles. The van der Waals surface area contributed by atoms with Crippen LogP contribution in [0.25, 0.3) is 16.5 Å². The number of pyridine rings is 1. The highest BCUT2D eigenvalue weighted by molar-refractivity contribution is 5.85. The van der Waals surface area contributed by atoms with Crippen molar-refractivity contribution >= 4 is 16.5 Å². The number of benzene rings is 2. The first kappa shape index (κ1) is 17.1. The molecule has 0 radical (unpaired) electrons. The third kappa shape index (κ3) is 3.01. The van der Waals surface area contributed by atoms with Crippen molar-refractivity contribution in [2.24, 2.45) is 7.05 Å². The van der Waals surface area contributed by atoms with Crippen LogP contribution in [-0.4, -0.2) is 14.3 Å². The smallest absolute Gasteiger partial charge is 0.295 e. The van der Waals surface area contributed by atoms with Crippen molar-refractivity contribution in [2.45, 2.75) is 20.4 Å². The molecule has 0 amide bonds. The molecule has 27 heavy (non-hydrogen) atoms. The SMILES string of the molecule is Cc1cc2ccccc2c(CNc2c(C)n(C)n(-c3ccccc3)c2=O)n1. The minimum Gasteiger partial charge on any atom is -0.373 e. The largest absolute Gasteiger partial charge is 0.373 e. The van der Waals surface area contributed by atoms with Crippen molar-refractivity contribution in [1.29, 1.82) is 0 Å². The fourth-order valence-electron chi connectivity index (χ4n) is 3.49. The molecule has 4 rings (SSSR count). The number of nitrogens with one attached hydrogen (secondary N) is 1. The quantitative estimate of drug-likeness (QED) is 0.601. The van der Waals surface area contributed by atoms with Crippen LogP contribution >= 0.6 is 0 Å². The van der Waals surface area contributed by atoms with Crippen molar-refractivity contribution in [2.75, 3.05) is 5.32 Å². The number of aromatic nitrogens is 3. The summed E-state index contributed by atoms with van der Waals surface area (Å²) in [7, 11) is 1.90. The van der Waals surface area contributed by atoms with Crippen LogP contribution in [0.5, 0.6) is 0 Å². The normalized spacial score (nSPS) is 11.1. The summed E-state index contributed by atoms with van der Waals surface area (Å²) in [4.78, 5) is 17.7. The molecule has 0 saturated carbocycles. The van der Waals surface area contributed by atoms with Gasteiger partial charge < -0.3 is 5.32 Å². The number of nitrogens with zero attached hydrogens (tertiary/aromatic N) is 3. The average molecular weight is 358 g/mol. The number of hydrogen-bond donors (Lipinski definition) is 1. The second-order valence-electron chi connectivity index (χ2n) is 6.72. The van der Waals surface area contributed by atoms with Crippen LogP contribution < -0.4 is 10.9 Å². The highest BCUT2D eigenvalue weighted by Gasteiger charge is 2.16. The fraction of sp³-hybridized carbons (Fsp3) is 0.182. The van der Waals surface area contributed by atoms with Gasteiger partial charge >= 0.3 is 0 Å². The maximum absolute atomic E-state index is 13.0. The van der Waals surface area contributed by atoms with E-state index in [1.54, 1.807) is 4.68 Å². The minimum absolute atomic E-state index is 0.0573. The van der Waals surface area contributed by atoms with Crippen LogP contribution in [0.15, 0.2) is 65.5 Å². The Hall–Kier alpha value is -3.34. The van der Waals surface area contributed by atoms with Crippen LogP contribution in [0.1, 0.15) is 17.1 Å². The molecule has 0 unspecified atom stereocenters. The topological polar surface area (TPSA) is 51.9 Å². The van der Waals surface area contributed by atoms with Crippen molar-refractivity contribution < 1.29 is 0 Å². The summed E-state index contributed by atoms with van der Waals surface area (Å²) in [6.07, 6.45) is 0. The number of hydrogen-bond acceptors (Lipinski definition) is 3. The highest BCUT2D eigenvalue weighted by Crippen LogP contribution is 2.20. The average Bonchev–Trinajstić information content (AvgIpc) is 2.89. The van der Waals surface area contributed by atoms with Gasteiger partial charge in [-0.1, -0.05) is 42.5 Å². The van der Waals surface area contributed by atoms with Crippen molar-refractivity contribution in [3.05, 3.63) is 88.1 Å². The summed E-state index contributed by atoms with van der Waals surface area (Å²) < 4.78 is 3.56. The van der Waals surface area contributed by atoms with Gasteiger partial charge in [0.15, 0.2) is 0 Å². The molecule has 2 heterocycles. The zero-order chi connectivity index (χ0) is 19.0. The summed E-state index contributed by atoms with van der Waals surface area (Å²) >= 11 is 0. The van der Waals surface area contributed by atoms with Gasteiger partial charge in [0.2, 0.25) is 0 Å². The molecule has 0 aliphatic heterocycles. The third-order valence-corrected chi connectivity index (χ3v) is 4.93. The van der Waals surface area contributed by atoms with E-state index in [1.165, 1.54) is 0 Å². The zero-order valence-electron chi connectivity index (χ0n) is 15.7. The Bertz CT molecular complexity index is 1170. The van der Waals surface area contributed by atoms with E-state index in [2.05, 4.69) is 28.5 Å². The van der Waals surface area contributed by atoms with Gasteiger partial charge in [-0.2, -0.15) is 0 Å². The Labute approximate surface area is 157 Å². The van der Waals surface area contributed by atoms with E-state index in [0.717, 1.165) is 33.5 Å². The van der Waals surface area contributed by atoms with Gasteiger partial charge in [0.05, 0.1) is 23.6 Å². The van der Waals surface area contributed by atoms with Gasteiger partial charge in [0.25, 0.3) is 5.56 Å². The van der Waals surface area contributed by atoms with Crippen LogP contribution in [-0.2, 0) is 13.6 Å². The lowest BCUT2D eigenvalue weighted by atomic mass is 10.1. The monoisotopic (exact) mass is 358 g/mol. The molecule has 0 spiro atoms. The predicted molar refractivity (Wildman–Crippen MR) is 110 cm³/mol. The van der Waals surface area contributed by atoms with Crippen LogP contribution in [0.2, 0.25) is 0 Å². The molecule has 5 heteroatoms. The number of rotatable bonds is 4. The molecule has 0 aliphatic rings. The van der Waals surface area contributed by atoms with Crippen molar-refractivity contribution in [1.82, 2.24) is 14.3 Å². The maximum atomic E-state index is 13.0. The van der Waals surface area contributed by atoms with E-state index >= 15 is 0 Å². The lowest BCUT2D eigenvalue weighted by Gasteiger charge is -2.09. The molecule has 0 bridgehead atoms. The zero-order valence-corrected chi connectivity index (χ0v) is 15.7. The van der Waals surface area contributed by atoms with Gasteiger partial charge in [0, 0.05) is 18.1 Å². The van der Waals surface area contributed by atoms with Crippen LogP contribution in [0.3, 0.4) is 0 Å². The van der Waals surface area contributed by atoms with Crippen LogP contribution in [0, 0.1) is 13.8 Å². The van der Waals surface area contributed by atoms with Crippen LogP contribution in [0.4, 0.5) is 5.69 Å². The summed E-state index contributed by atoms with van der Waals surface area (Å²) in [6, 6.07) is 19.9. The molecular weight excluding hydrogens is 336 g/mol. The molecule has 0 aliphatic carbocycles. The van der Waals surface area contributed by atoms with E-state index in [-0.39, 0.29) is 5.56 Å². The summed E-state index contributed by atoms with van der Waals surface area (Å²) in [6.45, 7) is 4.44. The van der Waals surface area contributed by atoms with E-state index in [4.69, 9.17) is 0 Å². The van der Waals surface area contributed by atoms with Gasteiger partial charge in [-0.15, -0.1) is 0 Å². The van der Waals surface area contributed by atoms with Crippen molar-refractivity contribution in [3.8, 4) is 5.69 Å². The Balaban J connectivity index is 1.72. The molecule has 0 atom stereocenters. The molecule has 2 aromatic carbocycles. The molecule has 136 valence electrons. The van der Waals surface area contributed by atoms with E-state index < -0.39 is 0 Å². The second kappa shape index (κ2) is 6.76. The Morgan fingerprint density at radius 1 is 1.00 bits per heavy atom. The third-order valence-electron chi connectivity index (χ3n) is 4.93. The Morgan fingerprint density at radius 2 is 1.70 bits per heavy atom. The predicted octanol–water partition coefficient (Wildman–Crippen LogP) is 3.95. The number of anilines is 1. The standard InChI is InChI=1S/C22H22N4O/c1-15-13-17-9-7-8-12-19(17)20(24-15)14-23-21-16(2)25(3)26(22(21)27)18-10-5-4-6-11-18/h4-13,23H,14H2,1-3H3. The lowest BCUT2D eigenvalue weighted by molar-refractivity contribution is 0.630. The maximum Gasteiger partial charge on any atom is 0.295 e. The Morgan fingerprint density at radius 3 is 2.48 bits per heavy atom. The summed E-state index contributed by atoms with van der Waals surface area (Å²) in [5.74, 6) is 0. The minimum atomic E-state index is -0.0573. The number of fused-ring (bicyclic) bond motifs is 1. The molecular formula is C22H22N4O. The Kier molecular flexibility index (Phi) is 4.28. The van der Waals surface area contributed by atoms with Gasteiger partial charge in [-0.05, 0) is 37.4 Å². The van der Waals surface area contributed by atoms with Gasteiger partial charge in [-0.3, -0.25) is 14.5 Å².